The molecule has 0 fully saturated rings. The first-order valence-corrected chi connectivity index (χ1v) is 5.73. The zero-order valence-electron chi connectivity index (χ0n) is 8.87. The van der Waals surface area contributed by atoms with Gasteiger partial charge in [0.25, 0.3) is 0 Å². The standard InChI is InChI=1S/C12H7BrF3NO/c13-9-5-6(3-4-17-9)12(18)10-7(14)1-2-8(15)11(10)16/h1-5,12,18H. The molecule has 1 aromatic carbocycles. The van der Waals surface area contributed by atoms with Gasteiger partial charge in [0.05, 0.1) is 5.56 Å². The van der Waals surface area contributed by atoms with Gasteiger partial charge in [-0.1, -0.05) is 0 Å². The first-order chi connectivity index (χ1) is 8.50. The Bertz CT molecular complexity index is 592. The monoisotopic (exact) mass is 317 g/mol. The molecule has 6 heteroatoms. The molecule has 2 rings (SSSR count). The van der Waals surface area contributed by atoms with Crippen LogP contribution in [0.1, 0.15) is 17.2 Å². The molecule has 0 saturated carbocycles. The normalized spacial score (nSPS) is 12.5. The minimum Gasteiger partial charge on any atom is -0.383 e. The van der Waals surface area contributed by atoms with Gasteiger partial charge in [-0.15, -0.1) is 0 Å². The summed E-state index contributed by atoms with van der Waals surface area (Å²) in [6.07, 6.45) is -0.238. The number of aromatic nitrogens is 1. The molecule has 2 nitrogen and oxygen atoms in total. The van der Waals surface area contributed by atoms with Crippen LogP contribution in [0.25, 0.3) is 0 Å². The first kappa shape index (κ1) is 13.0. The second kappa shape index (κ2) is 5.07. The van der Waals surface area contributed by atoms with Crippen molar-refractivity contribution in [2.45, 2.75) is 6.10 Å². The smallest absolute Gasteiger partial charge is 0.167 e. The van der Waals surface area contributed by atoms with E-state index in [4.69, 9.17) is 0 Å². The molecule has 0 aliphatic heterocycles. The summed E-state index contributed by atoms with van der Waals surface area (Å²) < 4.78 is 40.4. The van der Waals surface area contributed by atoms with Crippen LogP contribution in [-0.4, -0.2) is 10.1 Å². The van der Waals surface area contributed by atoms with Crippen LogP contribution in [0.15, 0.2) is 35.1 Å². The summed E-state index contributed by atoms with van der Waals surface area (Å²) in [5.41, 5.74) is -0.506. The van der Waals surface area contributed by atoms with Crippen LogP contribution in [-0.2, 0) is 0 Å². The summed E-state index contributed by atoms with van der Waals surface area (Å²) >= 11 is 3.07. The van der Waals surface area contributed by atoms with E-state index < -0.39 is 29.1 Å². The van der Waals surface area contributed by atoms with E-state index in [0.29, 0.717) is 10.7 Å². The maximum absolute atomic E-state index is 13.5. The quantitative estimate of drug-likeness (QED) is 0.680. The molecule has 0 aliphatic rings. The van der Waals surface area contributed by atoms with Crippen molar-refractivity contribution >= 4 is 15.9 Å². The van der Waals surface area contributed by atoms with E-state index in [1.54, 1.807) is 0 Å². The Morgan fingerprint density at radius 3 is 2.44 bits per heavy atom. The van der Waals surface area contributed by atoms with Crippen LogP contribution in [0.3, 0.4) is 0 Å². The molecule has 1 heterocycles. The van der Waals surface area contributed by atoms with Crippen molar-refractivity contribution in [3.63, 3.8) is 0 Å². The number of aliphatic hydroxyl groups is 1. The summed E-state index contributed by atoms with van der Waals surface area (Å²) in [6, 6.07) is 4.23. The predicted octanol–water partition coefficient (Wildman–Crippen LogP) is 3.34. The highest BCUT2D eigenvalue weighted by Gasteiger charge is 2.22. The van der Waals surface area contributed by atoms with Crippen molar-refractivity contribution in [1.82, 2.24) is 4.98 Å². The Labute approximate surface area is 109 Å². The molecule has 1 aromatic heterocycles. The average Bonchev–Trinajstić information content (AvgIpc) is 2.34. The third kappa shape index (κ3) is 2.39. The van der Waals surface area contributed by atoms with Gasteiger partial charge in [0, 0.05) is 6.20 Å². The van der Waals surface area contributed by atoms with Gasteiger partial charge in [0.1, 0.15) is 16.5 Å². The summed E-state index contributed by atoms with van der Waals surface area (Å²) in [6.45, 7) is 0. The zero-order chi connectivity index (χ0) is 13.3. The SMILES string of the molecule is OC(c1ccnc(Br)c1)c1c(F)ccc(F)c1F. The van der Waals surface area contributed by atoms with Crippen molar-refractivity contribution in [3.05, 3.63) is 63.6 Å². The topological polar surface area (TPSA) is 33.1 Å². The second-order valence-electron chi connectivity index (χ2n) is 3.57. The third-order valence-corrected chi connectivity index (χ3v) is 2.85. The minimum absolute atomic E-state index is 0.209. The average molecular weight is 318 g/mol. The Morgan fingerprint density at radius 2 is 1.78 bits per heavy atom. The van der Waals surface area contributed by atoms with Gasteiger partial charge in [0.2, 0.25) is 0 Å². The summed E-state index contributed by atoms with van der Waals surface area (Å²) in [5.74, 6) is -3.61. The molecule has 0 amide bonds. The van der Waals surface area contributed by atoms with Crippen molar-refractivity contribution < 1.29 is 18.3 Å². The van der Waals surface area contributed by atoms with Crippen LogP contribution >= 0.6 is 15.9 Å². The number of aliphatic hydroxyl groups excluding tert-OH is 1. The minimum atomic E-state index is -1.60. The molecule has 18 heavy (non-hydrogen) atoms. The fourth-order valence-electron chi connectivity index (χ4n) is 1.55. The zero-order valence-corrected chi connectivity index (χ0v) is 10.5. The van der Waals surface area contributed by atoms with Crippen LogP contribution in [0.4, 0.5) is 13.2 Å². The molecule has 1 unspecified atom stereocenters. The van der Waals surface area contributed by atoms with Gasteiger partial charge in [-0.25, -0.2) is 18.2 Å². The lowest BCUT2D eigenvalue weighted by Crippen LogP contribution is -2.07. The fourth-order valence-corrected chi connectivity index (χ4v) is 1.93. The van der Waals surface area contributed by atoms with E-state index in [9.17, 15) is 18.3 Å². The van der Waals surface area contributed by atoms with Crippen LogP contribution < -0.4 is 0 Å². The molecule has 2 aromatic rings. The molecule has 1 N–H and O–H groups in total. The predicted molar refractivity (Wildman–Crippen MR) is 62.3 cm³/mol. The molecule has 0 aliphatic carbocycles. The first-order valence-electron chi connectivity index (χ1n) is 4.93. The summed E-state index contributed by atoms with van der Waals surface area (Å²) in [4.78, 5) is 3.82. The van der Waals surface area contributed by atoms with Gasteiger partial charge in [0.15, 0.2) is 11.6 Å². The van der Waals surface area contributed by atoms with E-state index in [1.165, 1.54) is 18.3 Å². The maximum Gasteiger partial charge on any atom is 0.167 e. The Kier molecular flexibility index (Phi) is 3.68. The highest BCUT2D eigenvalue weighted by atomic mass is 79.9. The highest BCUT2D eigenvalue weighted by Crippen LogP contribution is 2.28. The summed E-state index contributed by atoms with van der Waals surface area (Å²) in [7, 11) is 0. The van der Waals surface area contributed by atoms with E-state index in [0.717, 1.165) is 6.07 Å². The Hall–Kier alpha value is -1.40. The fraction of sp³-hybridized carbons (Fsp3) is 0.0833. The van der Waals surface area contributed by atoms with Gasteiger partial charge >= 0.3 is 0 Å². The molecule has 0 bridgehead atoms. The van der Waals surface area contributed by atoms with Crippen molar-refractivity contribution in [1.29, 1.82) is 0 Å². The van der Waals surface area contributed by atoms with Gasteiger partial charge in [-0.05, 0) is 45.8 Å². The van der Waals surface area contributed by atoms with E-state index in [1.807, 2.05) is 0 Å². The van der Waals surface area contributed by atoms with Crippen LogP contribution in [0.2, 0.25) is 0 Å². The van der Waals surface area contributed by atoms with Crippen molar-refractivity contribution in [2.75, 3.05) is 0 Å². The summed E-state index contributed by atoms with van der Waals surface area (Å²) in [5, 5.41) is 9.91. The van der Waals surface area contributed by atoms with Gasteiger partial charge in [-0.2, -0.15) is 0 Å². The molecule has 94 valence electrons. The molecule has 0 saturated heterocycles. The lowest BCUT2D eigenvalue weighted by atomic mass is 10.0. The molecular formula is C12H7BrF3NO. The van der Waals surface area contributed by atoms with E-state index >= 15 is 0 Å². The number of hydrogen-bond donors (Lipinski definition) is 1. The largest absolute Gasteiger partial charge is 0.383 e. The Balaban J connectivity index is 2.52. The Morgan fingerprint density at radius 1 is 1.11 bits per heavy atom. The van der Waals surface area contributed by atoms with Crippen LogP contribution in [0, 0.1) is 17.5 Å². The molecule has 1 atom stereocenters. The molecule has 0 radical (unpaired) electrons. The molecular weight excluding hydrogens is 311 g/mol. The lowest BCUT2D eigenvalue weighted by molar-refractivity contribution is 0.207. The number of pyridine rings is 1. The number of halogens is 4. The van der Waals surface area contributed by atoms with E-state index in [2.05, 4.69) is 20.9 Å². The lowest BCUT2D eigenvalue weighted by Gasteiger charge is -2.13. The van der Waals surface area contributed by atoms with Gasteiger partial charge in [-0.3, -0.25) is 0 Å². The molecule has 0 spiro atoms. The number of nitrogens with zero attached hydrogens (tertiary/aromatic N) is 1. The number of benzene rings is 1. The maximum atomic E-state index is 13.5. The third-order valence-electron chi connectivity index (χ3n) is 2.42. The number of hydrogen-bond acceptors (Lipinski definition) is 2. The van der Waals surface area contributed by atoms with Crippen molar-refractivity contribution in [3.8, 4) is 0 Å². The second-order valence-corrected chi connectivity index (χ2v) is 4.38. The van der Waals surface area contributed by atoms with Gasteiger partial charge < -0.3 is 5.11 Å². The van der Waals surface area contributed by atoms with Crippen molar-refractivity contribution in [2.24, 2.45) is 0 Å². The van der Waals surface area contributed by atoms with E-state index in [-0.39, 0.29) is 5.56 Å². The van der Waals surface area contributed by atoms with Crippen LogP contribution in [0.5, 0.6) is 0 Å². The highest BCUT2D eigenvalue weighted by molar-refractivity contribution is 9.10. The number of rotatable bonds is 2.